The number of morpholine rings is 1. The van der Waals surface area contributed by atoms with Crippen LogP contribution in [0, 0.1) is 5.82 Å². The van der Waals surface area contributed by atoms with Gasteiger partial charge in [-0.3, -0.25) is 14.5 Å². The van der Waals surface area contributed by atoms with Crippen molar-refractivity contribution in [2.45, 2.75) is 13.1 Å². The third kappa shape index (κ3) is 5.90. The summed E-state index contributed by atoms with van der Waals surface area (Å²) in [5, 5.41) is 2.60. The lowest BCUT2D eigenvalue weighted by atomic mass is 10.2. The SMILES string of the molecule is O=C(COc1coc(CN2CCOCC2)cc1=O)NCc1cccc(F)c1. The molecule has 0 atom stereocenters. The first-order valence-corrected chi connectivity index (χ1v) is 8.66. The lowest BCUT2D eigenvalue weighted by Gasteiger charge is -2.25. The van der Waals surface area contributed by atoms with Crippen LogP contribution in [0.25, 0.3) is 0 Å². The molecule has 1 aliphatic rings. The van der Waals surface area contributed by atoms with E-state index < -0.39 is 5.91 Å². The number of benzene rings is 1. The fourth-order valence-corrected chi connectivity index (χ4v) is 2.65. The first-order valence-electron chi connectivity index (χ1n) is 8.66. The van der Waals surface area contributed by atoms with E-state index in [1.807, 2.05) is 0 Å². The summed E-state index contributed by atoms with van der Waals surface area (Å²) in [6, 6.07) is 7.30. The van der Waals surface area contributed by atoms with Crippen molar-refractivity contribution < 1.29 is 23.1 Å². The van der Waals surface area contributed by atoms with Crippen LogP contribution in [0.3, 0.4) is 0 Å². The molecule has 1 fully saturated rings. The van der Waals surface area contributed by atoms with Crippen molar-refractivity contribution in [1.29, 1.82) is 0 Å². The molecular weight excluding hydrogens is 355 g/mol. The molecule has 1 saturated heterocycles. The maximum Gasteiger partial charge on any atom is 0.258 e. The largest absolute Gasteiger partial charge is 0.477 e. The van der Waals surface area contributed by atoms with Gasteiger partial charge < -0.3 is 19.2 Å². The van der Waals surface area contributed by atoms with Gasteiger partial charge in [0, 0.05) is 25.7 Å². The predicted octanol–water partition coefficient (Wildman–Crippen LogP) is 1.31. The molecule has 1 N–H and O–H groups in total. The van der Waals surface area contributed by atoms with Crippen LogP contribution in [0.1, 0.15) is 11.3 Å². The summed E-state index contributed by atoms with van der Waals surface area (Å²) in [6.45, 7) is 3.26. The molecule has 0 spiro atoms. The fourth-order valence-electron chi connectivity index (χ4n) is 2.65. The van der Waals surface area contributed by atoms with Crippen LogP contribution in [0.4, 0.5) is 4.39 Å². The van der Waals surface area contributed by atoms with Gasteiger partial charge in [0.15, 0.2) is 6.61 Å². The molecule has 7 nitrogen and oxygen atoms in total. The smallest absolute Gasteiger partial charge is 0.258 e. The second kappa shape index (κ2) is 9.29. The monoisotopic (exact) mass is 376 g/mol. The van der Waals surface area contributed by atoms with Gasteiger partial charge in [0.2, 0.25) is 11.2 Å². The van der Waals surface area contributed by atoms with E-state index in [4.69, 9.17) is 13.9 Å². The number of hydrogen-bond donors (Lipinski definition) is 1. The van der Waals surface area contributed by atoms with Crippen LogP contribution >= 0.6 is 0 Å². The van der Waals surface area contributed by atoms with Crippen molar-refractivity contribution in [2.75, 3.05) is 32.9 Å². The Balaban J connectivity index is 1.47. The summed E-state index contributed by atoms with van der Waals surface area (Å²) < 4.78 is 29.0. The number of hydrogen-bond acceptors (Lipinski definition) is 6. The molecule has 0 aliphatic carbocycles. The number of nitrogens with one attached hydrogen (secondary N) is 1. The molecule has 0 saturated carbocycles. The van der Waals surface area contributed by atoms with Gasteiger partial charge in [0.1, 0.15) is 17.8 Å². The molecule has 0 radical (unpaired) electrons. The van der Waals surface area contributed by atoms with Crippen molar-refractivity contribution in [2.24, 2.45) is 0 Å². The topological polar surface area (TPSA) is 81.0 Å². The fraction of sp³-hybridized carbons (Fsp3) is 0.368. The van der Waals surface area contributed by atoms with E-state index in [0.717, 1.165) is 13.1 Å². The van der Waals surface area contributed by atoms with Crippen molar-refractivity contribution in [3.8, 4) is 5.75 Å². The summed E-state index contributed by atoms with van der Waals surface area (Å²) in [5.74, 6) is -0.282. The van der Waals surface area contributed by atoms with E-state index in [1.54, 1.807) is 12.1 Å². The number of rotatable bonds is 7. The Morgan fingerprint density at radius 1 is 1.26 bits per heavy atom. The molecule has 1 amide bonds. The van der Waals surface area contributed by atoms with E-state index >= 15 is 0 Å². The Morgan fingerprint density at radius 3 is 2.81 bits per heavy atom. The second-order valence-electron chi connectivity index (χ2n) is 6.16. The Labute approximate surface area is 155 Å². The second-order valence-corrected chi connectivity index (χ2v) is 6.16. The number of ether oxygens (including phenoxy) is 2. The zero-order valence-electron chi connectivity index (χ0n) is 14.8. The average Bonchev–Trinajstić information content (AvgIpc) is 2.67. The van der Waals surface area contributed by atoms with Gasteiger partial charge in [-0.15, -0.1) is 0 Å². The van der Waals surface area contributed by atoms with Crippen molar-refractivity contribution in [1.82, 2.24) is 10.2 Å². The lowest BCUT2D eigenvalue weighted by Crippen LogP contribution is -2.35. The van der Waals surface area contributed by atoms with Gasteiger partial charge in [0.25, 0.3) is 5.91 Å². The van der Waals surface area contributed by atoms with Gasteiger partial charge in [-0.2, -0.15) is 0 Å². The molecule has 8 heteroatoms. The number of amides is 1. The highest BCUT2D eigenvalue weighted by molar-refractivity contribution is 5.77. The highest BCUT2D eigenvalue weighted by Crippen LogP contribution is 2.10. The van der Waals surface area contributed by atoms with E-state index in [2.05, 4.69) is 10.2 Å². The van der Waals surface area contributed by atoms with Crippen LogP contribution < -0.4 is 15.5 Å². The quantitative estimate of drug-likeness (QED) is 0.785. The third-order valence-electron chi connectivity index (χ3n) is 4.07. The minimum Gasteiger partial charge on any atom is -0.477 e. The van der Waals surface area contributed by atoms with Crippen molar-refractivity contribution in [3.05, 3.63) is 64.0 Å². The Kier molecular flexibility index (Phi) is 6.56. The van der Waals surface area contributed by atoms with Gasteiger partial charge >= 0.3 is 0 Å². The van der Waals surface area contributed by atoms with Gasteiger partial charge in [-0.05, 0) is 17.7 Å². The zero-order valence-corrected chi connectivity index (χ0v) is 14.8. The van der Waals surface area contributed by atoms with Crippen molar-refractivity contribution in [3.63, 3.8) is 0 Å². The number of halogens is 1. The normalized spacial score (nSPS) is 14.7. The van der Waals surface area contributed by atoms with E-state index in [1.165, 1.54) is 24.5 Å². The average molecular weight is 376 g/mol. The molecule has 0 unspecified atom stereocenters. The molecule has 2 aromatic rings. The lowest BCUT2D eigenvalue weighted by molar-refractivity contribution is -0.123. The molecule has 1 aromatic carbocycles. The van der Waals surface area contributed by atoms with Gasteiger partial charge in [-0.25, -0.2) is 4.39 Å². The predicted molar refractivity (Wildman–Crippen MR) is 94.8 cm³/mol. The number of carbonyl (C=O) groups excluding carboxylic acids is 1. The van der Waals surface area contributed by atoms with E-state index in [-0.39, 0.29) is 30.1 Å². The molecule has 144 valence electrons. The first kappa shape index (κ1) is 19.1. The zero-order chi connectivity index (χ0) is 19.1. The standard InChI is InChI=1S/C19H21FN2O5/c20-15-3-1-2-14(8-15)10-21-19(24)13-27-18-12-26-16(9-17(18)23)11-22-4-6-25-7-5-22/h1-3,8-9,12H,4-7,10-11,13H2,(H,21,24). The van der Waals surface area contributed by atoms with Gasteiger partial charge in [-0.1, -0.05) is 12.1 Å². The molecule has 1 aliphatic heterocycles. The first-order chi connectivity index (χ1) is 13.1. The van der Waals surface area contributed by atoms with Crippen LogP contribution in [-0.4, -0.2) is 43.7 Å². The highest BCUT2D eigenvalue weighted by atomic mass is 19.1. The van der Waals surface area contributed by atoms with Crippen LogP contribution in [0.2, 0.25) is 0 Å². The Morgan fingerprint density at radius 2 is 2.07 bits per heavy atom. The molecular formula is C19H21FN2O5. The summed E-state index contributed by atoms with van der Waals surface area (Å²) in [5.41, 5.74) is 0.290. The minimum absolute atomic E-state index is 0.0263. The van der Waals surface area contributed by atoms with Crippen LogP contribution in [0.5, 0.6) is 5.75 Å². The number of nitrogens with zero attached hydrogens (tertiary/aromatic N) is 1. The summed E-state index contributed by atoms with van der Waals surface area (Å²) in [6.07, 6.45) is 1.22. The summed E-state index contributed by atoms with van der Waals surface area (Å²) in [4.78, 5) is 26.1. The minimum atomic E-state index is -0.420. The summed E-state index contributed by atoms with van der Waals surface area (Å²) >= 11 is 0. The van der Waals surface area contributed by atoms with Crippen molar-refractivity contribution >= 4 is 5.91 Å². The highest BCUT2D eigenvalue weighted by Gasteiger charge is 2.14. The summed E-state index contributed by atoms with van der Waals surface area (Å²) in [7, 11) is 0. The Bertz CT molecular complexity index is 833. The molecule has 27 heavy (non-hydrogen) atoms. The van der Waals surface area contributed by atoms with Gasteiger partial charge in [0.05, 0.1) is 19.8 Å². The van der Waals surface area contributed by atoms with Crippen LogP contribution in [0.15, 0.2) is 45.8 Å². The maximum atomic E-state index is 13.1. The molecule has 0 bridgehead atoms. The maximum absolute atomic E-state index is 13.1. The molecule has 3 rings (SSSR count). The number of carbonyl (C=O) groups is 1. The van der Waals surface area contributed by atoms with Crippen LogP contribution in [-0.2, 0) is 22.6 Å². The Hall–Kier alpha value is -2.71. The molecule has 2 heterocycles. The van der Waals surface area contributed by atoms with E-state index in [9.17, 15) is 14.0 Å². The molecule has 1 aromatic heterocycles. The third-order valence-corrected chi connectivity index (χ3v) is 4.07. The van der Waals surface area contributed by atoms with E-state index in [0.29, 0.717) is 31.1 Å².